The van der Waals surface area contributed by atoms with Crippen molar-refractivity contribution in [2.75, 3.05) is 64.4 Å². The molecule has 4 heterocycles. The molecule has 10 heteroatoms. The second-order valence-corrected chi connectivity index (χ2v) is 9.15. The van der Waals surface area contributed by atoms with Crippen molar-refractivity contribution >= 4 is 11.8 Å². The maximum absolute atomic E-state index is 14.2. The predicted octanol–water partition coefficient (Wildman–Crippen LogP) is 3.55. The summed E-state index contributed by atoms with van der Waals surface area (Å²) in [5.74, 6) is -0.108. The van der Waals surface area contributed by atoms with Crippen LogP contribution < -0.4 is 4.90 Å². The van der Waals surface area contributed by atoms with Gasteiger partial charge in [0.2, 0.25) is 0 Å². The molecule has 0 aliphatic carbocycles. The van der Waals surface area contributed by atoms with Gasteiger partial charge in [-0.2, -0.15) is 10.1 Å². The standard InChI is InChI=1S/C26H31FN8O/c1-33-8-10-34(11-9-33)19-20-2-4-21(5-3-20)22-6-7-28-23(16-22)17-30-32-26-29-18-24(27)25(31-26)35-12-14-36-15-13-35/h2-7,16,18H,8-15,17,19H2,1H3. The van der Waals surface area contributed by atoms with Gasteiger partial charge in [0.05, 0.1) is 25.1 Å². The predicted molar refractivity (Wildman–Crippen MR) is 136 cm³/mol. The maximum Gasteiger partial charge on any atom is 0.270 e. The fraction of sp³-hybridized carbons (Fsp3) is 0.423. The van der Waals surface area contributed by atoms with Crippen molar-refractivity contribution in [3.63, 3.8) is 0 Å². The zero-order valence-corrected chi connectivity index (χ0v) is 20.6. The Morgan fingerprint density at radius 2 is 1.72 bits per heavy atom. The van der Waals surface area contributed by atoms with E-state index in [0.29, 0.717) is 26.3 Å². The number of piperazine rings is 1. The first-order valence-corrected chi connectivity index (χ1v) is 12.3. The first-order valence-electron chi connectivity index (χ1n) is 12.3. The molecule has 0 saturated carbocycles. The lowest BCUT2D eigenvalue weighted by molar-refractivity contribution is 0.122. The van der Waals surface area contributed by atoms with Crippen molar-refractivity contribution < 1.29 is 9.13 Å². The van der Waals surface area contributed by atoms with Gasteiger partial charge in [-0.25, -0.2) is 9.37 Å². The number of anilines is 1. The Morgan fingerprint density at radius 1 is 0.944 bits per heavy atom. The van der Waals surface area contributed by atoms with Crippen LogP contribution in [0.1, 0.15) is 11.3 Å². The minimum absolute atomic E-state index is 0.130. The average molecular weight is 491 g/mol. The average Bonchev–Trinajstić information content (AvgIpc) is 2.92. The van der Waals surface area contributed by atoms with E-state index < -0.39 is 5.82 Å². The Kier molecular flexibility index (Phi) is 7.85. The molecule has 2 saturated heterocycles. The highest BCUT2D eigenvalue weighted by Crippen LogP contribution is 2.22. The van der Waals surface area contributed by atoms with E-state index in [1.165, 1.54) is 5.56 Å². The van der Waals surface area contributed by atoms with E-state index in [1.54, 1.807) is 6.20 Å². The van der Waals surface area contributed by atoms with Gasteiger partial charge in [0.25, 0.3) is 5.95 Å². The van der Waals surface area contributed by atoms with Gasteiger partial charge < -0.3 is 14.5 Å². The second-order valence-electron chi connectivity index (χ2n) is 9.15. The van der Waals surface area contributed by atoms with Gasteiger partial charge in [-0.05, 0) is 35.9 Å². The van der Waals surface area contributed by atoms with Crippen molar-refractivity contribution in [3.8, 4) is 11.1 Å². The fourth-order valence-electron chi connectivity index (χ4n) is 4.38. The second kappa shape index (κ2) is 11.6. The van der Waals surface area contributed by atoms with Gasteiger partial charge in [0.1, 0.15) is 6.54 Å². The summed E-state index contributed by atoms with van der Waals surface area (Å²) in [6.07, 6.45) is 2.92. The lowest BCUT2D eigenvalue weighted by Gasteiger charge is -2.32. The third kappa shape index (κ3) is 6.26. The molecule has 188 valence electrons. The van der Waals surface area contributed by atoms with Gasteiger partial charge in [0.15, 0.2) is 11.6 Å². The maximum atomic E-state index is 14.2. The number of nitrogens with zero attached hydrogens (tertiary/aromatic N) is 8. The van der Waals surface area contributed by atoms with Crippen LogP contribution in [0.3, 0.4) is 0 Å². The molecule has 0 bridgehead atoms. The van der Waals surface area contributed by atoms with Crippen LogP contribution in [0, 0.1) is 5.82 Å². The van der Waals surface area contributed by atoms with Crippen molar-refractivity contribution in [1.29, 1.82) is 0 Å². The summed E-state index contributed by atoms with van der Waals surface area (Å²) in [5, 5.41) is 8.31. The number of ether oxygens (including phenoxy) is 1. The highest BCUT2D eigenvalue weighted by molar-refractivity contribution is 5.63. The number of benzene rings is 1. The molecule has 2 aromatic heterocycles. The Hall–Kier alpha value is -3.34. The Bertz CT molecular complexity index is 1170. The van der Waals surface area contributed by atoms with Crippen LogP contribution in [0.5, 0.6) is 0 Å². The van der Waals surface area contributed by atoms with E-state index in [9.17, 15) is 4.39 Å². The Balaban J connectivity index is 1.20. The normalized spacial score (nSPS) is 17.7. The molecule has 36 heavy (non-hydrogen) atoms. The molecular weight excluding hydrogens is 459 g/mol. The SMILES string of the molecule is CN1CCN(Cc2ccc(-c3ccnc(CN=Nc4ncc(F)c(N5CCOCC5)n4)c3)cc2)CC1. The van der Waals surface area contributed by atoms with Crippen molar-refractivity contribution in [3.05, 3.63) is 65.9 Å². The van der Waals surface area contributed by atoms with Crippen molar-refractivity contribution in [1.82, 2.24) is 24.8 Å². The zero-order chi connectivity index (χ0) is 24.7. The van der Waals surface area contributed by atoms with E-state index in [0.717, 1.165) is 55.7 Å². The van der Waals surface area contributed by atoms with Crippen LogP contribution in [0.25, 0.3) is 11.1 Å². The molecule has 0 atom stereocenters. The summed E-state index contributed by atoms with van der Waals surface area (Å²) in [4.78, 5) is 19.3. The molecule has 2 aliphatic heterocycles. The summed E-state index contributed by atoms with van der Waals surface area (Å²) in [5.41, 5.74) is 4.32. The summed E-state index contributed by atoms with van der Waals surface area (Å²) < 4.78 is 19.5. The van der Waals surface area contributed by atoms with Gasteiger partial charge >= 0.3 is 0 Å². The van der Waals surface area contributed by atoms with Gasteiger partial charge in [-0.15, -0.1) is 5.11 Å². The molecule has 0 radical (unpaired) electrons. The fourth-order valence-corrected chi connectivity index (χ4v) is 4.38. The lowest BCUT2D eigenvalue weighted by atomic mass is 10.0. The summed E-state index contributed by atoms with van der Waals surface area (Å²) in [6, 6.07) is 12.7. The Morgan fingerprint density at radius 3 is 2.50 bits per heavy atom. The number of azo groups is 1. The third-order valence-corrected chi connectivity index (χ3v) is 6.52. The molecular formula is C26H31FN8O. The number of aromatic nitrogens is 3. The number of hydrogen-bond donors (Lipinski definition) is 0. The number of halogens is 1. The number of pyridine rings is 1. The monoisotopic (exact) mass is 490 g/mol. The molecule has 9 nitrogen and oxygen atoms in total. The molecule has 1 aromatic carbocycles. The molecule has 5 rings (SSSR count). The summed E-state index contributed by atoms with van der Waals surface area (Å²) in [6.45, 7) is 7.97. The minimum atomic E-state index is -0.472. The molecule has 0 amide bonds. The number of likely N-dealkylation sites (N-methyl/N-ethyl adjacent to an activating group) is 1. The van der Waals surface area contributed by atoms with Gasteiger partial charge in [-0.1, -0.05) is 24.3 Å². The zero-order valence-electron chi connectivity index (χ0n) is 20.6. The number of hydrogen-bond acceptors (Lipinski definition) is 9. The summed E-state index contributed by atoms with van der Waals surface area (Å²) in [7, 11) is 2.18. The number of morpholine rings is 1. The third-order valence-electron chi connectivity index (χ3n) is 6.52. The van der Waals surface area contributed by atoms with Crippen LogP contribution in [-0.2, 0) is 17.8 Å². The van der Waals surface area contributed by atoms with E-state index >= 15 is 0 Å². The van der Waals surface area contributed by atoms with E-state index in [1.807, 2.05) is 17.0 Å². The van der Waals surface area contributed by atoms with Crippen LogP contribution in [-0.4, -0.2) is 84.3 Å². The van der Waals surface area contributed by atoms with E-state index in [4.69, 9.17) is 4.74 Å². The molecule has 2 aliphatic rings. The van der Waals surface area contributed by atoms with Crippen molar-refractivity contribution in [2.24, 2.45) is 10.2 Å². The smallest absolute Gasteiger partial charge is 0.270 e. The highest BCUT2D eigenvalue weighted by atomic mass is 19.1. The molecule has 0 spiro atoms. The largest absolute Gasteiger partial charge is 0.378 e. The number of rotatable bonds is 7. The van der Waals surface area contributed by atoms with Gasteiger partial charge in [-0.3, -0.25) is 9.88 Å². The van der Waals surface area contributed by atoms with Crippen LogP contribution >= 0.6 is 0 Å². The van der Waals surface area contributed by atoms with Crippen LogP contribution in [0.4, 0.5) is 16.2 Å². The first-order chi connectivity index (χ1) is 17.6. The van der Waals surface area contributed by atoms with Crippen LogP contribution in [0.2, 0.25) is 0 Å². The first kappa shape index (κ1) is 24.4. The van der Waals surface area contributed by atoms with Gasteiger partial charge in [0, 0.05) is 52.0 Å². The topological polar surface area (TPSA) is 82.3 Å². The lowest BCUT2D eigenvalue weighted by Crippen LogP contribution is -2.43. The van der Waals surface area contributed by atoms with E-state index in [-0.39, 0.29) is 18.3 Å². The highest BCUT2D eigenvalue weighted by Gasteiger charge is 2.18. The van der Waals surface area contributed by atoms with Crippen molar-refractivity contribution in [2.45, 2.75) is 13.1 Å². The molecule has 0 N–H and O–H groups in total. The minimum Gasteiger partial charge on any atom is -0.378 e. The van der Waals surface area contributed by atoms with Crippen LogP contribution in [0.15, 0.2) is 59.0 Å². The molecule has 2 fully saturated rings. The quantitative estimate of drug-likeness (QED) is 0.469. The van der Waals surface area contributed by atoms with E-state index in [2.05, 4.69) is 66.3 Å². The molecule has 3 aromatic rings. The molecule has 0 unspecified atom stereocenters. The Labute approximate surface area is 210 Å². The summed E-state index contributed by atoms with van der Waals surface area (Å²) >= 11 is 0.